The van der Waals surface area contributed by atoms with Crippen molar-refractivity contribution in [3.05, 3.63) is 11.6 Å². The summed E-state index contributed by atoms with van der Waals surface area (Å²) in [6, 6.07) is 0.300. The molecule has 1 amide bonds. The van der Waals surface area contributed by atoms with Crippen molar-refractivity contribution in [2.75, 3.05) is 0 Å². The molecule has 0 bridgehead atoms. The molecule has 2 saturated carbocycles. The zero-order valence-electron chi connectivity index (χ0n) is 11.5. The Bertz CT molecular complexity index is 452. The smallest absolute Gasteiger partial charge is 0.291 e. The summed E-state index contributed by atoms with van der Waals surface area (Å²) in [5, 5.41) is 10.1. The van der Waals surface area contributed by atoms with E-state index in [1.54, 1.807) is 0 Å². The molecule has 0 saturated heterocycles. The van der Waals surface area contributed by atoms with Gasteiger partial charge in [-0.25, -0.2) is 4.98 Å². The number of hydrogen-bond donors (Lipinski definition) is 2. The maximum absolute atomic E-state index is 12.2. The van der Waals surface area contributed by atoms with Crippen molar-refractivity contribution in [1.82, 2.24) is 20.5 Å². The fraction of sp³-hybridized carbons (Fsp3) is 0.786. The van der Waals surface area contributed by atoms with E-state index in [1.807, 2.05) is 0 Å². The molecule has 2 aliphatic rings. The van der Waals surface area contributed by atoms with Crippen molar-refractivity contribution >= 4 is 5.91 Å². The van der Waals surface area contributed by atoms with E-state index in [0.29, 0.717) is 23.7 Å². The van der Waals surface area contributed by atoms with E-state index >= 15 is 0 Å². The first-order valence-corrected chi connectivity index (χ1v) is 7.51. The van der Waals surface area contributed by atoms with Gasteiger partial charge in [0.05, 0.1) is 0 Å². The van der Waals surface area contributed by atoms with Crippen LogP contribution in [0, 0.1) is 5.92 Å². The molecule has 19 heavy (non-hydrogen) atoms. The van der Waals surface area contributed by atoms with Crippen LogP contribution in [0.1, 0.15) is 74.2 Å². The quantitative estimate of drug-likeness (QED) is 0.875. The molecule has 5 nitrogen and oxygen atoms in total. The van der Waals surface area contributed by atoms with Crippen LogP contribution in [0.25, 0.3) is 0 Å². The summed E-state index contributed by atoms with van der Waals surface area (Å²) in [6.45, 7) is 2.20. The Morgan fingerprint density at radius 2 is 2.11 bits per heavy atom. The van der Waals surface area contributed by atoms with E-state index in [0.717, 1.165) is 31.5 Å². The van der Waals surface area contributed by atoms with Gasteiger partial charge in [-0.2, -0.15) is 0 Å². The topological polar surface area (TPSA) is 70.7 Å². The van der Waals surface area contributed by atoms with Crippen LogP contribution in [-0.4, -0.2) is 27.1 Å². The van der Waals surface area contributed by atoms with Crippen molar-refractivity contribution in [2.45, 2.75) is 63.8 Å². The zero-order chi connectivity index (χ0) is 13.2. The minimum absolute atomic E-state index is 0.117. The molecule has 2 unspecified atom stereocenters. The number of aromatic nitrogens is 3. The number of amides is 1. The third kappa shape index (κ3) is 2.80. The molecule has 0 spiro atoms. The Morgan fingerprint density at radius 3 is 2.84 bits per heavy atom. The first kappa shape index (κ1) is 12.6. The van der Waals surface area contributed by atoms with Gasteiger partial charge in [-0.1, -0.05) is 26.2 Å². The van der Waals surface area contributed by atoms with Crippen molar-refractivity contribution in [3.8, 4) is 0 Å². The fourth-order valence-corrected chi connectivity index (χ4v) is 3.03. The number of nitrogens with one attached hydrogen (secondary N) is 2. The predicted molar refractivity (Wildman–Crippen MR) is 71.9 cm³/mol. The molecule has 0 aliphatic heterocycles. The van der Waals surface area contributed by atoms with Crippen LogP contribution >= 0.6 is 0 Å². The second kappa shape index (κ2) is 5.31. The monoisotopic (exact) mass is 262 g/mol. The van der Waals surface area contributed by atoms with Crippen molar-refractivity contribution in [1.29, 1.82) is 0 Å². The van der Waals surface area contributed by atoms with Crippen LogP contribution < -0.4 is 5.32 Å². The molecule has 3 rings (SSSR count). The number of aromatic amines is 1. The molecule has 0 radical (unpaired) electrons. The summed E-state index contributed by atoms with van der Waals surface area (Å²) in [6.07, 6.45) is 8.27. The lowest BCUT2D eigenvalue weighted by molar-refractivity contribution is 0.0894. The van der Waals surface area contributed by atoms with E-state index < -0.39 is 0 Å². The average molecular weight is 262 g/mol. The molecule has 2 atom stereocenters. The minimum atomic E-state index is -0.117. The first-order chi connectivity index (χ1) is 9.28. The van der Waals surface area contributed by atoms with Gasteiger partial charge >= 0.3 is 0 Å². The SMILES string of the molecule is CCC1CCCCC1NC(=O)c1n[nH]c(C2CC2)n1. The third-order valence-electron chi connectivity index (χ3n) is 4.42. The van der Waals surface area contributed by atoms with Gasteiger partial charge < -0.3 is 5.32 Å². The summed E-state index contributed by atoms with van der Waals surface area (Å²) in [4.78, 5) is 16.5. The van der Waals surface area contributed by atoms with Gasteiger partial charge in [0, 0.05) is 12.0 Å². The van der Waals surface area contributed by atoms with Gasteiger partial charge in [0.25, 0.3) is 5.91 Å². The van der Waals surface area contributed by atoms with E-state index in [1.165, 1.54) is 19.3 Å². The van der Waals surface area contributed by atoms with Gasteiger partial charge in [0.1, 0.15) is 5.82 Å². The van der Waals surface area contributed by atoms with Crippen molar-refractivity contribution in [2.24, 2.45) is 5.92 Å². The van der Waals surface area contributed by atoms with E-state index in [2.05, 4.69) is 27.4 Å². The van der Waals surface area contributed by atoms with Gasteiger partial charge in [-0.05, 0) is 31.6 Å². The lowest BCUT2D eigenvalue weighted by atomic mass is 9.83. The molecule has 2 aliphatic carbocycles. The molecule has 1 aromatic heterocycles. The Labute approximate surface area is 113 Å². The highest BCUT2D eigenvalue weighted by molar-refractivity contribution is 5.90. The van der Waals surface area contributed by atoms with E-state index in [9.17, 15) is 4.79 Å². The highest BCUT2D eigenvalue weighted by Gasteiger charge is 2.30. The van der Waals surface area contributed by atoms with E-state index in [4.69, 9.17) is 0 Å². The largest absolute Gasteiger partial charge is 0.346 e. The van der Waals surface area contributed by atoms with Gasteiger partial charge in [0.15, 0.2) is 0 Å². The number of H-pyrrole nitrogens is 1. The molecule has 1 heterocycles. The fourth-order valence-electron chi connectivity index (χ4n) is 3.03. The summed E-state index contributed by atoms with van der Waals surface area (Å²) >= 11 is 0. The van der Waals surface area contributed by atoms with Crippen LogP contribution in [0.15, 0.2) is 0 Å². The second-order valence-corrected chi connectivity index (χ2v) is 5.85. The molecule has 0 aromatic carbocycles. The average Bonchev–Trinajstić information content (AvgIpc) is 3.17. The number of carbonyl (C=O) groups excluding carboxylic acids is 1. The summed E-state index contributed by atoms with van der Waals surface area (Å²) in [7, 11) is 0. The normalized spacial score (nSPS) is 27.2. The molecular weight excluding hydrogens is 240 g/mol. The van der Waals surface area contributed by atoms with Crippen LogP contribution in [0.3, 0.4) is 0 Å². The molecule has 5 heteroatoms. The number of carbonyl (C=O) groups is 1. The second-order valence-electron chi connectivity index (χ2n) is 5.85. The molecule has 1 aromatic rings. The molecular formula is C14H22N4O. The molecule has 2 N–H and O–H groups in total. The number of rotatable bonds is 4. The Hall–Kier alpha value is -1.39. The third-order valence-corrected chi connectivity index (χ3v) is 4.42. The Morgan fingerprint density at radius 1 is 1.32 bits per heavy atom. The molecule has 104 valence electrons. The summed E-state index contributed by atoms with van der Waals surface area (Å²) in [5.41, 5.74) is 0. The Kier molecular flexibility index (Phi) is 3.53. The number of nitrogens with zero attached hydrogens (tertiary/aromatic N) is 2. The highest BCUT2D eigenvalue weighted by Crippen LogP contribution is 2.37. The van der Waals surface area contributed by atoms with Crippen molar-refractivity contribution in [3.63, 3.8) is 0 Å². The van der Waals surface area contributed by atoms with Crippen LogP contribution in [-0.2, 0) is 0 Å². The minimum Gasteiger partial charge on any atom is -0.346 e. The zero-order valence-corrected chi connectivity index (χ0v) is 11.5. The lowest BCUT2D eigenvalue weighted by Gasteiger charge is -2.31. The van der Waals surface area contributed by atoms with Crippen molar-refractivity contribution < 1.29 is 4.79 Å². The van der Waals surface area contributed by atoms with Crippen LogP contribution in [0.5, 0.6) is 0 Å². The van der Waals surface area contributed by atoms with Gasteiger partial charge in [-0.3, -0.25) is 9.89 Å². The van der Waals surface area contributed by atoms with Crippen LogP contribution in [0.2, 0.25) is 0 Å². The summed E-state index contributed by atoms with van der Waals surface area (Å²) in [5.74, 6) is 2.18. The maximum atomic E-state index is 12.2. The van der Waals surface area contributed by atoms with Crippen LogP contribution in [0.4, 0.5) is 0 Å². The van der Waals surface area contributed by atoms with E-state index in [-0.39, 0.29) is 5.91 Å². The van der Waals surface area contributed by atoms with Gasteiger partial charge in [-0.15, -0.1) is 5.10 Å². The Balaban J connectivity index is 1.62. The highest BCUT2D eigenvalue weighted by atomic mass is 16.2. The number of hydrogen-bond acceptors (Lipinski definition) is 3. The standard InChI is InChI=1S/C14H22N4O/c1-2-9-5-3-4-6-11(9)15-14(19)13-16-12(17-18-13)10-7-8-10/h9-11H,2-8H2,1H3,(H,15,19)(H,16,17,18). The van der Waals surface area contributed by atoms with Gasteiger partial charge in [0.2, 0.25) is 5.82 Å². The maximum Gasteiger partial charge on any atom is 0.291 e. The summed E-state index contributed by atoms with van der Waals surface area (Å²) < 4.78 is 0. The lowest BCUT2D eigenvalue weighted by Crippen LogP contribution is -2.42. The first-order valence-electron chi connectivity index (χ1n) is 7.51. The predicted octanol–water partition coefficient (Wildman–Crippen LogP) is 2.38. The molecule has 2 fully saturated rings.